The number of nitrogens with zero attached hydrogens (tertiary/aromatic N) is 6. The Kier molecular flexibility index (Phi) is 3.94. The molecular formula is C18H20N6. The van der Waals surface area contributed by atoms with Crippen LogP contribution in [-0.4, -0.2) is 40.1 Å². The number of rotatable bonds is 4. The summed E-state index contributed by atoms with van der Waals surface area (Å²) in [6, 6.07) is 8.04. The first kappa shape index (κ1) is 14.8. The molecule has 0 atom stereocenters. The summed E-state index contributed by atoms with van der Waals surface area (Å²) in [6.07, 6.45) is 7.62. The van der Waals surface area contributed by atoms with Gasteiger partial charge in [0.25, 0.3) is 0 Å². The van der Waals surface area contributed by atoms with Crippen molar-refractivity contribution in [2.45, 2.75) is 19.4 Å². The van der Waals surface area contributed by atoms with Crippen LogP contribution >= 0.6 is 0 Å². The van der Waals surface area contributed by atoms with Crippen molar-refractivity contribution in [2.75, 3.05) is 29.9 Å². The van der Waals surface area contributed by atoms with Crippen LogP contribution < -0.4 is 9.80 Å². The number of hydrogen-bond donors (Lipinski definition) is 0. The normalized spacial score (nSPS) is 14.3. The van der Waals surface area contributed by atoms with Gasteiger partial charge in [0.15, 0.2) is 11.6 Å². The van der Waals surface area contributed by atoms with Gasteiger partial charge in [-0.25, -0.2) is 9.97 Å². The van der Waals surface area contributed by atoms with E-state index in [1.165, 1.54) is 12.8 Å². The molecule has 1 saturated heterocycles. The third-order valence-corrected chi connectivity index (χ3v) is 4.32. The Morgan fingerprint density at radius 3 is 2.50 bits per heavy atom. The number of benzene rings is 1. The van der Waals surface area contributed by atoms with Crippen molar-refractivity contribution in [3.63, 3.8) is 0 Å². The fourth-order valence-electron chi connectivity index (χ4n) is 3.11. The molecule has 3 aromatic rings. The van der Waals surface area contributed by atoms with Gasteiger partial charge in [-0.15, -0.1) is 0 Å². The minimum Gasteiger partial charge on any atom is -0.354 e. The minimum absolute atomic E-state index is 0.654. The summed E-state index contributed by atoms with van der Waals surface area (Å²) in [5.41, 5.74) is 2.78. The third-order valence-electron chi connectivity index (χ3n) is 4.32. The molecule has 0 radical (unpaired) electrons. The Balaban J connectivity index is 1.75. The Morgan fingerprint density at radius 1 is 1.04 bits per heavy atom. The summed E-state index contributed by atoms with van der Waals surface area (Å²) >= 11 is 0. The third kappa shape index (κ3) is 2.87. The van der Waals surface area contributed by atoms with Crippen LogP contribution in [0.4, 0.5) is 11.6 Å². The fourth-order valence-corrected chi connectivity index (χ4v) is 3.11. The van der Waals surface area contributed by atoms with Gasteiger partial charge in [-0.2, -0.15) is 0 Å². The van der Waals surface area contributed by atoms with Gasteiger partial charge >= 0.3 is 0 Å². The van der Waals surface area contributed by atoms with Crippen molar-refractivity contribution in [1.29, 1.82) is 0 Å². The molecule has 1 aliphatic heterocycles. The van der Waals surface area contributed by atoms with E-state index in [0.717, 1.165) is 41.5 Å². The molecule has 2 aromatic heterocycles. The van der Waals surface area contributed by atoms with Gasteiger partial charge in [0.1, 0.15) is 0 Å². The molecule has 1 aromatic carbocycles. The molecule has 24 heavy (non-hydrogen) atoms. The predicted octanol–water partition coefficient (Wildman–Crippen LogP) is 2.66. The number of para-hydroxylation sites is 2. The van der Waals surface area contributed by atoms with Crippen LogP contribution in [0.5, 0.6) is 0 Å². The van der Waals surface area contributed by atoms with Gasteiger partial charge in [0.05, 0.1) is 29.5 Å². The zero-order chi connectivity index (χ0) is 16.4. The summed E-state index contributed by atoms with van der Waals surface area (Å²) in [4.78, 5) is 22.8. The summed E-state index contributed by atoms with van der Waals surface area (Å²) in [7, 11) is 2.03. The van der Waals surface area contributed by atoms with Crippen LogP contribution in [0.3, 0.4) is 0 Å². The standard InChI is InChI=1S/C18H20N6/c1-23(13-14-12-19-8-9-20-14)17-18(24-10-4-5-11-24)22-16-7-3-2-6-15(16)21-17/h2-3,6-9,12H,4-5,10-11,13H2,1H3. The molecule has 0 saturated carbocycles. The van der Waals surface area contributed by atoms with Gasteiger partial charge in [-0.1, -0.05) is 12.1 Å². The molecule has 3 heterocycles. The first-order valence-electron chi connectivity index (χ1n) is 8.29. The lowest BCUT2D eigenvalue weighted by Gasteiger charge is -2.25. The maximum Gasteiger partial charge on any atom is 0.172 e. The maximum atomic E-state index is 4.91. The first-order valence-corrected chi connectivity index (χ1v) is 8.29. The fraction of sp³-hybridized carbons (Fsp3) is 0.333. The second-order valence-electron chi connectivity index (χ2n) is 6.11. The van der Waals surface area contributed by atoms with E-state index in [4.69, 9.17) is 9.97 Å². The van der Waals surface area contributed by atoms with E-state index in [9.17, 15) is 0 Å². The average molecular weight is 320 g/mol. The zero-order valence-corrected chi connectivity index (χ0v) is 13.8. The molecule has 6 nitrogen and oxygen atoms in total. The first-order chi connectivity index (χ1) is 11.8. The summed E-state index contributed by atoms with van der Waals surface area (Å²) in [6.45, 7) is 2.74. The largest absolute Gasteiger partial charge is 0.354 e. The number of aromatic nitrogens is 4. The number of hydrogen-bond acceptors (Lipinski definition) is 6. The molecule has 4 rings (SSSR count). The summed E-state index contributed by atoms with van der Waals surface area (Å²) in [5.74, 6) is 1.87. The van der Waals surface area contributed by atoms with Crippen molar-refractivity contribution in [3.8, 4) is 0 Å². The maximum absolute atomic E-state index is 4.91. The Bertz CT molecular complexity index is 829. The zero-order valence-electron chi connectivity index (χ0n) is 13.8. The quantitative estimate of drug-likeness (QED) is 0.736. The van der Waals surface area contributed by atoms with Crippen LogP contribution in [-0.2, 0) is 6.54 Å². The van der Waals surface area contributed by atoms with Crippen molar-refractivity contribution in [1.82, 2.24) is 19.9 Å². The predicted molar refractivity (Wildman–Crippen MR) is 95.1 cm³/mol. The lowest BCUT2D eigenvalue weighted by Crippen LogP contribution is -2.26. The van der Waals surface area contributed by atoms with Gasteiger partial charge < -0.3 is 9.80 Å². The number of fused-ring (bicyclic) bond motifs is 1. The van der Waals surface area contributed by atoms with Crippen molar-refractivity contribution < 1.29 is 0 Å². The molecule has 0 spiro atoms. The molecule has 1 aliphatic rings. The second-order valence-corrected chi connectivity index (χ2v) is 6.11. The van der Waals surface area contributed by atoms with Crippen LogP contribution in [0, 0.1) is 0 Å². The summed E-state index contributed by atoms with van der Waals surface area (Å²) < 4.78 is 0. The van der Waals surface area contributed by atoms with Crippen LogP contribution in [0.2, 0.25) is 0 Å². The number of anilines is 2. The SMILES string of the molecule is CN(Cc1cnccn1)c1nc2ccccc2nc1N1CCCC1. The molecule has 1 fully saturated rings. The Labute approximate surface area is 141 Å². The lowest BCUT2D eigenvalue weighted by atomic mass is 10.3. The molecule has 0 unspecified atom stereocenters. The van der Waals surface area contributed by atoms with Crippen molar-refractivity contribution >= 4 is 22.7 Å². The monoisotopic (exact) mass is 320 g/mol. The van der Waals surface area contributed by atoms with E-state index in [1.54, 1.807) is 18.6 Å². The molecule has 6 heteroatoms. The minimum atomic E-state index is 0.654. The molecule has 122 valence electrons. The highest BCUT2D eigenvalue weighted by Gasteiger charge is 2.21. The molecule has 0 bridgehead atoms. The van der Waals surface area contributed by atoms with E-state index in [0.29, 0.717) is 6.54 Å². The topological polar surface area (TPSA) is 58.0 Å². The van der Waals surface area contributed by atoms with Crippen molar-refractivity contribution in [3.05, 3.63) is 48.5 Å². The van der Waals surface area contributed by atoms with E-state index in [2.05, 4.69) is 19.8 Å². The lowest BCUT2D eigenvalue weighted by molar-refractivity contribution is 0.840. The van der Waals surface area contributed by atoms with Gasteiger partial charge in [-0.3, -0.25) is 9.97 Å². The van der Waals surface area contributed by atoms with Gasteiger partial charge in [0, 0.05) is 32.5 Å². The molecule has 0 N–H and O–H groups in total. The molecule has 0 amide bonds. The highest BCUT2D eigenvalue weighted by atomic mass is 15.3. The molecular weight excluding hydrogens is 300 g/mol. The van der Waals surface area contributed by atoms with Crippen LogP contribution in [0.1, 0.15) is 18.5 Å². The van der Waals surface area contributed by atoms with E-state index in [-0.39, 0.29) is 0 Å². The van der Waals surface area contributed by atoms with Crippen molar-refractivity contribution in [2.24, 2.45) is 0 Å². The second kappa shape index (κ2) is 6.39. The highest BCUT2D eigenvalue weighted by molar-refractivity contribution is 5.80. The van der Waals surface area contributed by atoms with E-state index >= 15 is 0 Å². The van der Waals surface area contributed by atoms with Gasteiger partial charge in [0.2, 0.25) is 0 Å². The Morgan fingerprint density at radius 2 is 1.79 bits per heavy atom. The van der Waals surface area contributed by atoms with Crippen LogP contribution in [0.15, 0.2) is 42.9 Å². The Hall–Kier alpha value is -2.76. The van der Waals surface area contributed by atoms with Crippen LogP contribution in [0.25, 0.3) is 11.0 Å². The van der Waals surface area contributed by atoms with Gasteiger partial charge in [-0.05, 0) is 25.0 Å². The van der Waals surface area contributed by atoms with E-state index < -0.39 is 0 Å². The van der Waals surface area contributed by atoms with E-state index in [1.807, 2.05) is 31.3 Å². The smallest absolute Gasteiger partial charge is 0.172 e. The summed E-state index contributed by atoms with van der Waals surface area (Å²) in [5, 5.41) is 0. The average Bonchev–Trinajstić information content (AvgIpc) is 3.16. The highest BCUT2D eigenvalue weighted by Crippen LogP contribution is 2.30. The molecule has 0 aliphatic carbocycles.